The maximum absolute atomic E-state index is 11.9. The van der Waals surface area contributed by atoms with Crippen LogP contribution < -0.4 is 5.32 Å². The van der Waals surface area contributed by atoms with E-state index in [0.29, 0.717) is 23.7 Å². The number of ketones is 1. The quantitative estimate of drug-likeness (QED) is 0.754. The minimum atomic E-state index is -1.05. The van der Waals surface area contributed by atoms with Gasteiger partial charge in [0.05, 0.1) is 5.41 Å². The lowest BCUT2D eigenvalue weighted by Gasteiger charge is -2.25. The summed E-state index contributed by atoms with van der Waals surface area (Å²) in [5, 5.41) is 13.7. The number of anilines is 1. The molecule has 0 saturated heterocycles. The highest BCUT2D eigenvalue weighted by atomic mass is 32.1. The Balaban J connectivity index is 2.75. The van der Waals surface area contributed by atoms with Crippen molar-refractivity contribution < 1.29 is 19.5 Å². The average Bonchev–Trinajstić information content (AvgIpc) is 2.84. The summed E-state index contributed by atoms with van der Waals surface area (Å²) < 4.78 is 0. The molecular formula is C13H18N2O4S. The van der Waals surface area contributed by atoms with Crippen molar-refractivity contribution in [3.05, 3.63) is 11.1 Å². The van der Waals surface area contributed by atoms with Crippen molar-refractivity contribution in [2.75, 3.05) is 5.32 Å². The summed E-state index contributed by atoms with van der Waals surface area (Å²) in [5.74, 6) is -1.55. The van der Waals surface area contributed by atoms with Crippen LogP contribution in [0.15, 0.2) is 5.38 Å². The van der Waals surface area contributed by atoms with Crippen molar-refractivity contribution in [3.63, 3.8) is 0 Å². The first-order valence-electron chi connectivity index (χ1n) is 6.34. The molecule has 20 heavy (non-hydrogen) atoms. The summed E-state index contributed by atoms with van der Waals surface area (Å²) in [6.07, 6.45) is 0.649. The van der Waals surface area contributed by atoms with E-state index in [4.69, 9.17) is 0 Å². The second-order valence-corrected chi connectivity index (χ2v) is 5.47. The van der Waals surface area contributed by atoms with Gasteiger partial charge in [-0.15, -0.1) is 11.3 Å². The molecule has 7 heteroatoms. The van der Waals surface area contributed by atoms with Gasteiger partial charge in [0.25, 0.3) is 0 Å². The summed E-state index contributed by atoms with van der Waals surface area (Å²) in [6.45, 7) is 4.90. The van der Waals surface area contributed by atoms with Crippen LogP contribution in [-0.4, -0.2) is 27.8 Å². The van der Waals surface area contributed by atoms with Gasteiger partial charge in [0.2, 0.25) is 5.91 Å². The number of carboxylic acid groups (broad SMARTS) is 1. The Morgan fingerprint density at radius 3 is 2.35 bits per heavy atom. The van der Waals surface area contributed by atoms with Gasteiger partial charge in [-0.1, -0.05) is 13.8 Å². The van der Waals surface area contributed by atoms with E-state index in [1.807, 2.05) is 0 Å². The molecule has 1 amide bonds. The molecule has 1 heterocycles. The minimum Gasteiger partial charge on any atom is -0.481 e. The third kappa shape index (κ3) is 3.63. The van der Waals surface area contributed by atoms with E-state index in [2.05, 4.69) is 10.3 Å². The molecule has 0 saturated carbocycles. The van der Waals surface area contributed by atoms with Gasteiger partial charge in [-0.2, -0.15) is 0 Å². The zero-order valence-electron chi connectivity index (χ0n) is 11.7. The van der Waals surface area contributed by atoms with Crippen molar-refractivity contribution in [1.82, 2.24) is 4.98 Å². The molecule has 0 aliphatic rings. The lowest BCUT2D eigenvalue weighted by Crippen LogP contribution is -2.34. The third-order valence-corrected chi connectivity index (χ3v) is 4.18. The summed E-state index contributed by atoms with van der Waals surface area (Å²) in [6, 6.07) is 0. The van der Waals surface area contributed by atoms with E-state index < -0.39 is 17.3 Å². The number of Topliss-reactive ketones (excluding diaryl/α,β-unsaturated/α-hetero) is 1. The van der Waals surface area contributed by atoms with Crippen molar-refractivity contribution in [3.8, 4) is 0 Å². The van der Waals surface area contributed by atoms with Gasteiger partial charge in [0.1, 0.15) is 5.69 Å². The molecule has 0 atom stereocenters. The van der Waals surface area contributed by atoms with Gasteiger partial charge in [0, 0.05) is 18.7 Å². The Hall–Kier alpha value is -1.76. The second-order valence-electron chi connectivity index (χ2n) is 4.61. The van der Waals surface area contributed by atoms with E-state index in [1.165, 1.54) is 6.92 Å². The molecule has 0 aliphatic carbocycles. The normalized spacial score (nSPS) is 11.2. The molecule has 0 bridgehead atoms. The van der Waals surface area contributed by atoms with E-state index in [1.54, 1.807) is 19.2 Å². The molecule has 0 fully saturated rings. The Morgan fingerprint density at radius 1 is 1.35 bits per heavy atom. The standard InChI is InChI=1S/C13H18N2O4S/c1-4-13(5-2,11(18)19)6-10(17)15-12-14-9(7-20-12)8(3)16/h7H,4-6H2,1-3H3,(H,18,19)(H,14,15,17). The molecule has 1 rings (SSSR count). The van der Waals surface area contributed by atoms with E-state index in [9.17, 15) is 19.5 Å². The number of aromatic nitrogens is 1. The Labute approximate surface area is 121 Å². The molecule has 110 valence electrons. The number of hydrogen-bond donors (Lipinski definition) is 2. The fourth-order valence-electron chi connectivity index (χ4n) is 1.84. The fraction of sp³-hybridized carbons (Fsp3) is 0.538. The Morgan fingerprint density at radius 2 is 1.95 bits per heavy atom. The number of carboxylic acids is 1. The smallest absolute Gasteiger partial charge is 0.310 e. The number of aliphatic carboxylic acids is 1. The van der Waals surface area contributed by atoms with Crippen molar-refractivity contribution >= 4 is 34.1 Å². The van der Waals surface area contributed by atoms with Crippen LogP contribution in [0.3, 0.4) is 0 Å². The molecule has 1 aromatic rings. The molecule has 0 spiro atoms. The van der Waals surface area contributed by atoms with E-state index in [-0.39, 0.29) is 12.2 Å². The molecule has 1 aromatic heterocycles. The van der Waals surface area contributed by atoms with Crippen LogP contribution in [-0.2, 0) is 9.59 Å². The summed E-state index contributed by atoms with van der Waals surface area (Å²) in [5.41, 5.74) is -0.758. The number of hydrogen-bond acceptors (Lipinski definition) is 5. The fourth-order valence-corrected chi connectivity index (χ4v) is 2.61. The number of amides is 1. The number of carbonyl (C=O) groups is 3. The first kappa shape index (κ1) is 16.3. The molecule has 2 N–H and O–H groups in total. The number of rotatable bonds is 7. The Bertz CT molecular complexity index is 520. The summed E-state index contributed by atoms with van der Waals surface area (Å²) in [7, 11) is 0. The SMILES string of the molecule is CCC(CC)(CC(=O)Nc1nc(C(C)=O)cs1)C(=O)O. The minimum absolute atomic E-state index is 0.107. The van der Waals surface area contributed by atoms with Crippen LogP contribution in [0.4, 0.5) is 5.13 Å². The lowest BCUT2D eigenvalue weighted by molar-refractivity contribution is -0.151. The predicted molar refractivity (Wildman–Crippen MR) is 76.0 cm³/mol. The second kappa shape index (κ2) is 6.60. The maximum atomic E-state index is 11.9. The average molecular weight is 298 g/mol. The van der Waals surface area contributed by atoms with Gasteiger partial charge in [-0.05, 0) is 12.8 Å². The van der Waals surface area contributed by atoms with Crippen molar-refractivity contribution in [1.29, 1.82) is 0 Å². The van der Waals surface area contributed by atoms with Gasteiger partial charge < -0.3 is 10.4 Å². The number of carbonyl (C=O) groups excluding carboxylic acids is 2. The van der Waals surface area contributed by atoms with Crippen LogP contribution in [0.5, 0.6) is 0 Å². The van der Waals surface area contributed by atoms with Crippen molar-refractivity contribution in [2.24, 2.45) is 5.41 Å². The number of thiazole rings is 1. The molecule has 0 aromatic carbocycles. The highest BCUT2D eigenvalue weighted by molar-refractivity contribution is 7.14. The maximum Gasteiger partial charge on any atom is 0.310 e. The summed E-state index contributed by atoms with van der Waals surface area (Å²) in [4.78, 5) is 38.3. The van der Waals surface area contributed by atoms with Crippen LogP contribution in [0, 0.1) is 5.41 Å². The molecule has 0 aliphatic heterocycles. The molecular weight excluding hydrogens is 280 g/mol. The monoisotopic (exact) mass is 298 g/mol. The molecule has 0 unspecified atom stereocenters. The first-order chi connectivity index (χ1) is 9.34. The molecule has 6 nitrogen and oxygen atoms in total. The number of nitrogens with one attached hydrogen (secondary N) is 1. The Kier molecular flexibility index (Phi) is 5.38. The van der Waals surface area contributed by atoms with Gasteiger partial charge >= 0.3 is 5.97 Å². The molecule has 0 radical (unpaired) electrons. The lowest BCUT2D eigenvalue weighted by atomic mass is 9.79. The van der Waals surface area contributed by atoms with Crippen LogP contribution in [0.2, 0.25) is 0 Å². The zero-order chi connectivity index (χ0) is 15.3. The van der Waals surface area contributed by atoms with Gasteiger partial charge in [-0.25, -0.2) is 4.98 Å². The summed E-state index contributed by atoms with van der Waals surface area (Å²) >= 11 is 1.14. The highest BCUT2D eigenvalue weighted by Gasteiger charge is 2.37. The zero-order valence-corrected chi connectivity index (χ0v) is 12.5. The first-order valence-corrected chi connectivity index (χ1v) is 7.22. The van der Waals surface area contributed by atoms with Gasteiger partial charge in [-0.3, -0.25) is 14.4 Å². The van der Waals surface area contributed by atoms with Crippen LogP contribution in [0.25, 0.3) is 0 Å². The van der Waals surface area contributed by atoms with E-state index >= 15 is 0 Å². The van der Waals surface area contributed by atoms with E-state index in [0.717, 1.165) is 11.3 Å². The largest absolute Gasteiger partial charge is 0.481 e. The highest BCUT2D eigenvalue weighted by Crippen LogP contribution is 2.31. The topological polar surface area (TPSA) is 96.4 Å². The number of nitrogens with zero attached hydrogens (tertiary/aromatic N) is 1. The van der Waals surface area contributed by atoms with Gasteiger partial charge in [0.15, 0.2) is 10.9 Å². The van der Waals surface area contributed by atoms with Crippen molar-refractivity contribution in [2.45, 2.75) is 40.0 Å². The van der Waals surface area contributed by atoms with Crippen LogP contribution >= 0.6 is 11.3 Å². The third-order valence-electron chi connectivity index (χ3n) is 3.42. The predicted octanol–water partition coefficient (Wildman–Crippen LogP) is 2.57. The van der Waals surface area contributed by atoms with Crippen LogP contribution in [0.1, 0.15) is 50.5 Å².